The quantitative estimate of drug-likeness (QED) is 0.682. The minimum atomic E-state index is -0.208. The number of nitrogens with zero attached hydrogens (tertiary/aromatic N) is 2. The topological polar surface area (TPSA) is 81.3 Å². The number of nitrogen functional groups attached to an aromatic ring is 1. The highest BCUT2D eigenvalue weighted by Gasteiger charge is 2.29. The Labute approximate surface area is 73.2 Å². The summed E-state index contributed by atoms with van der Waals surface area (Å²) in [5, 5.41) is 17.2. The van der Waals surface area contributed by atoms with Crippen LogP contribution in [0.15, 0.2) is 0 Å². The first-order valence-electron chi connectivity index (χ1n) is 3.68. The molecular weight excluding hydrogens is 178 g/mol. The number of ether oxygens (including phenoxy) is 1. The van der Waals surface area contributed by atoms with Crippen molar-refractivity contribution in [2.24, 2.45) is 0 Å². The second-order valence-electron chi connectivity index (χ2n) is 2.77. The van der Waals surface area contributed by atoms with Crippen LogP contribution in [0.2, 0.25) is 0 Å². The first kappa shape index (κ1) is 7.75. The van der Waals surface area contributed by atoms with E-state index in [1.54, 1.807) is 0 Å². The molecule has 0 bridgehead atoms. The van der Waals surface area contributed by atoms with E-state index in [-0.39, 0.29) is 12.2 Å². The predicted molar refractivity (Wildman–Crippen MR) is 44.0 cm³/mol. The van der Waals surface area contributed by atoms with Gasteiger partial charge in [0.1, 0.15) is 6.10 Å². The van der Waals surface area contributed by atoms with Crippen LogP contribution < -0.4 is 10.5 Å². The van der Waals surface area contributed by atoms with Crippen LogP contribution in [0.25, 0.3) is 0 Å². The summed E-state index contributed by atoms with van der Waals surface area (Å²) >= 11 is 1.22. The molecule has 0 spiro atoms. The van der Waals surface area contributed by atoms with E-state index in [4.69, 9.17) is 15.6 Å². The molecule has 0 aromatic carbocycles. The maximum atomic E-state index is 8.96. The van der Waals surface area contributed by atoms with E-state index >= 15 is 0 Å². The zero-order chi connectivity index (χ0) is 8.55. The summed E-state index contributed by atoms with van der Waals surface area (Å²) in [4.78, 5) is 0. The van der Waals surface area contributed by atoms with Gasteiger partial charge < -0.3 is 15.6 Å². The van der Waals surface area contributed by atoms with Crippen molar-refractivity contribution in [2.75, 3.05) is 5.73 Å². The molecule has 12 heavy (non-hydrogen) atoms. The Kier molecular flexibility index (Phi) is 1.86. The minimum Gasteiger partial charge on any atom is -0.465 e. The molecule has 3 N–H and O–H groups in total. The SMILES string of the molecule is Nc1nnc(OC2CC(O)C2)s1. The van der Waals surface area contributed by atoms with Gasteiger partial charge in [0.15, 0.2) is 0 Å². The summed E-state index contributed by atoms with van der Waals surface area (Å²) in [6.07, 6.45) is 1.24. The van der Waals surface area contributed by atoms with Crippen molar-refractivity contribution in [3.63, 3.8) is 0 Å². The molecule has 0 atom stereocenters. The van der Waals surface area contributed by atoms with Crippen LogP contribution in [0.3, 0.4) is 0 Å². The molecule has 1 saturated carbocycles. The lowest BCUT2D eigenvalue weighted by molar-refractivity contribution is -0.0111. The Balaban J connectivity index is 1.88. The van der Waals surface area contributed by atoms with Gasteiger partial charge in [0.2, 0.25) is 5.13 Å². The Morgan fingerprint density at radius 2 is 2.25 bits per heavy atom. The molecule has 1 aromatic heterocycles. The van der Waals surface area contributed by atoms with Gasteiger partial charge in [-0.3, -0.25) is 0 Å². The fourth-order valence-corrected chi connectivity index (χ4v) is 1.57. The zero-order valence-corrected chi connectivity index (χ0v) is 7.12. The summed E-state index contributed by atoms with van der Waals surface area (Å²) in [6.45, 7) is 0. The molecule has 1 fully saturated rings. The van der Waals surface area contributed by atoms with E-state index in [9.17, 15) is 0 Å². The maximum absolute atomic E-state index is 8.96. The molecule has 2 rings (SSSR count). The van der Waals surface area contributed by atoms with E-state index in [0.29, 0.717) is 23.2 Å². The third kappa shape index (κ3) is 1.49. The molecule has 6 heteroatoms. The maximum Gasteiger partial charge on any atom is 0.296 e. The highest BCUT2D eigenvalue weighted by Crippen LogP contribution is 2.28. The number of anilines is 1. The van der Waals surface area contributed by atoms with Gasteiger partial charge in [0.05, 0.1) is 6.10 Å². The van der Waals surface area contributed by atoms with E-state index in [2.05, 4.69) is 10.2 Å². The van der Waals surface area contributed by atoms with E-state index in [1.165, 1.54) is 11.3 Å². The summed E-state index contributed by atoms with van der Waals surface area (Å²) in [5.74, 6) is 0. The number of nitrogens with two attached hydrogens (primary N) is 1. The zero-order valence-electron chi connectivity index (χ0n) is 6.30. The van der Waals surface area contributed by atoms with Gasteiger partial charge in [-0.15, -0.1) is 5.10 Å². The van der Waals surface area contributed by atoms with Gasteiger partial charge in [0.25, 0.3) is 5.19 Å². The van der Waals surface area contributed by atoms with Crippen LogP contribution in [0, 0.1) is 0 Å². The van der Waals surface area contributed by atoms with Crippen LogP contribution >= 0.6 is 11.3 Å². The molecule has 66 valence electrons. The monoisotopic (exact) mass is 187 g/mol. The fraction of sp³-hybridized carbons (Fsp3) is 0.667. The van der Waals surface area contributed by atoms with Crippen LogP contribution in [-0.4, -0.2) is 27.5 Å². The highest BCUT2D eigenvalue weighted by molar-refractivity contribution is 7.16. The molecular formula is C6H9N3O2S. The average molecular weight is 187 g/mol. The van der Waals surface area contributed by atoms with Crippen molar-refractivity contribution >= 4 is 16.5 Å². The van der Waals surface area contributed by atoms with Gasteiger partial charge in [-0.1, -0.05) is 5.10 Å². The third-order valence-electron chi connectivity index (χ3n) is 1.76. The predicted octanol–water partition coefficient (Wildman–Crippen LogP) is 0.0224. The largest absolute Gasteiger partial charge is 0.465 e. The van der Waals surface area contributed by atoms with Gasteiger partial charge in [-0.25, -0.2) is 0 Å². The molecule has 1 aliphatic carbocycles. The molecule has 0 radical (unpaired) electrons. The number of hydrogen-bond acceptors (Lipinski definition) is 6. The van der Waals surface area contributed by atoms with Crippen molar-refractivity contribution in [2.45, 2.75) is 25.0 Å². The molecule has 1 aliphatic rings. The van der Waals surface area contributed by atoms with Crippen molar-refractivity contribution < 1.29 is 9.84 Å². The standard InChI is InChI=1S/C6H9N3O2S/c7-5-8-9-6(12-5)11-4-1-3(10)2-4/h3-4,10H,1-2H2,(H2,7,8). The highest BCUT2D eigenvalue weighted by atomic mass is 32.1. The number of aliphatic hydroxyl groups is 1. The van der Waals surface area contributed by atoms with Crippen molar-refractivity contribution in [3.05, 3.63) is 0 Å². The Bertz CT molecular complexity index is 272. The average Bonchev–Trinajstić information content (AvgIpc) is 2.33. The first-order chi connectivity index (χ1) is 5.74. The molecule has 1 heterocycles. The fourth-order valence-electron chi connectivity index (χ4n) is 1.04. The Morgan fingerprint density at radius 1 is 1.50 bits per heavy atom. The Hall–Kier alpha value is -0.880. The minimum absolute atomic E-state index is 0.0901. The van der Waals surface area contributed by atoms with Crippen molar-refractivity contribution in [1.29, 1.82) is 0 Å². The normalized spacial score (nSPS) is 28.1. The van der Waals surface area contributed by atoms with Gasteiger partial charge in [-0.2, -0.15) is 0 Å². The smallest absolute Gasteiger partial charge is 0.296 e. The molecule has 0 amide bonds. The molecule has 5 nitrogen and oxygen atoms in total. The molecule has 1 aromatic rings. The molecule has 0 unspecified atom stereocenters. The number of rotatable bonds is 2. The summed E-state index contributed by atoms with van der Waals surface area (Å²) in [6, 6.07) is 0. The number of aliphatic hydroxyl groups excluding tert-OH is 1. The van der Waals surface area contributed by atoms with E-state index in [0.717, 1.165) is 0 Å². The molecule has 0 aliphatic heterocycles. The summed E-state index contributed by atoms with van der Waals surface area (Å²) in [7, 11) is 0. The second kappa shape index (κ2) is 2.87. The summed E-state index contributed by atoms with van der Waals surface area (Å²) in [5.41, 5.74) is 5.36. The van der Waals surface area contributed by atoms with Crippen LogP contribution in [0.4, 0.5) is 5.13 Å². The van der Waals surface area contributed by atoms with Gasteiger partial charge in [0, 0.05) is 12.8 Å². The molecule has 0 saturated heterocycles. The number of hydrogen-bond donors (Lipinski definition) is 2. The lowest BCUT2D eigenvalue weighted by Crippen LogP contribution is -2.37. The third-order valence-corrected chi connectivity index (χ3v) is 2.40. The Morgan fingerprint density at radius 3 is 2.75 bits per heavy atom. The van der Waals surface area contributed by atoms with Crippen LogP contribution in [-0.2, 0) is 0 Å². The van der Waals surface area contributed by atoms with E-state index < -0.39 is 0 Å². The van der Waals surface area contributed by atoms with Crippen molar-refractivity contribution in [3.8, 4) is 5.19 Å². The van der Waals surface area contributed by atoms with Gasteiger partial charge >= 0.3 is 0 Å². The van der Waals surface area contributed by atoms with Crippen LogP contribution in [0.1, 0.15) is 12.8 Å². The lowest BCUT2D eigenvalue weighted by atomic mass is 9.92. The second-order valence-corrected chi connectivity index (χ2v) is 3.74. The number of aromatic nitrogens is 2. The van der Waals surface area contributed by atoms with Gasteiger partial charge in [-0.05, 0) is 11.3 Å². The van der Waals surface area contributed by atoms with Crippen molar-refractivity contribution in [1.82, 2.24) is 10.2 Å². The van der Waals surface area contributed by atoms with Crippen LogP contribution in [0.5, 0.6) is 5.19 Å². The lowest BCUT2D eigenvalue weighted by Gasteiger charge is -2.30. The van der Waals surface area contributed by atoms with E-state index in [1.807, 2.05) is 0 Å². The summed E-state index contributed by atoms with van der Waals surface area (Å²) < 4.78 is 5.35. The first-order valence-corrected chi connectivity index (χ1v) is 4.49.